The van der Waals surface area contributed by atoms with Crippen LogP contribution in [0.1, 0.15) is 16.7 Å². The second-order valence-electron chi connectivity index (χ2n) is 7.23. The maximum absolute atomic E-state index is 13.2. The third-order valence-corrected chi connectivity index (χ3v) is 6.69. The lowest BCUT2D eigenvalue weighted by Crippen LogP contribution is -2.17. The number of para-hydroxylation sites is 2. The van der Waals surface area contributed by atoms with E-state index < -0.39 is 10.0 Å². The Morgan fingerprint density at radius 1 is 0.871 bits per heavy atom. The van der Waals surface area contributed by atoms with Crippen molar-refractivity contribution in [3.05, 3.63) is 88.4 Å². The van der Waals surface area contributed by atoms with E-state index in [2.05, 4.69) is 20.0 Å². The number of nitrogens with zero attached hydrogens (tertiary/aromatic N) is 2. The van der Waals surface area contributed by atoms with Crippen LogP contribution in [-0.2, 0) is 16.6 Å². The second-order valence-corrected chi connectivity index (χ2v) is 9.29. The number of hydrogen-bond acceptors (Lipinski definition) is 5. The summed E-state index contributed by atoms with van der Waals surface area (Å²) in [5.41, 5.74) is 3.61. The molecule has 0 saturated carbocycles. The summed E-state index contributed by atoms with van der Waals surface area (Å²) in [6, 6.07) is 20.0. The van der Waals surface area contributed by atoms with Gasteiger partial charge in [-0.05, 0) is 54.8 Å². The van der Waals surface area contributed by atoms with E-state index in [4.69, 9.17) is 11.6 Å². The highest BCUT2D eigenvalue weighted by Gasteiger charge is 2.21. The fraction of sp³-hybridized carbons (Fsp3) is 0.130. The zero-order chi connectivity index (χ0) is 22.0. The molecule has 0 atom stereocenters. The van der Waals surface area contributed by atoms with Crippen molar-refractivity contribution in [2.24, 2.45) is 0 Å². The van der Waals surface area contributed by atoms with Crippen molar-refractivity contribution in [2.75, 3.05) is 10.0 Å². The number of sulfonamides is 1. The van der Waals surface area contributed by atoms with Gasteiger partial charge in [-0.2, -0.15) is 0 Å². The van der Waals surface area contributed by atoms with Gasteiger partial charge in [0.25, 0.3) is 10.0 Å². The fourth-order valence-corrected chi connectivity index (χ4v) is 4.74. The summed E-state index contributed by atoms with van der Waals surface area (Å²) >= 11 is 6.26. The Labute approximate surface area is 186 Å². The molecular formula is C23H21ClN4O2S. The summed E-state index contributed by atoms with van der Waals surface area (Å²) in [5, 5.41) is 3.79. The van der Waals surface area contributed by atoms with Gasteiger partial charge in [-0.25, -0.2) is 18.4 Å². The van der Waals surface area contributed by atoms with Crippen LogP contribution in [0.15, 0.2) is 71.6 Å². The second kappa shape index (κ2) is 8.53. The number of anilines is 2. The van der Waals surface area contributed by atoms with Crippen LogP contribution in [0, 0.1) is 13.8 Å². The first kappa shape index (κ1) is 21.1. The van der Waals surface area contributed by atoms with Gasteiger partial charge in [0.05, 0.1) is 15.9 Å². The highest BCUT2D eigenvalue weighted by Crippen LogP contribution is 2.27. The van der Waals surface area contributed by atoms with Crippen molar-refractivity contribution in [1.29, 1.82) is 0 Å². The van der Waals surface area contributed by atoms with Gasteiger partial charge in [-0.1, -0.05) is 54.1 Å². The molecule has 1 aromatic heterocycles. The van der Waals surface area contributed by atoms with E-state index in [0.29, 0.717) is 34.0 Å². The molecular weight excluding hydrogens is 432 g/mol. The van der Waals surface area contributed by atoms with Crippen LogP contribution in [0.3, 0.4) is 0 Å². The van der Waals surface area contributed by atoms with E-state index in [1.807, 2.05) is 49.4 Å². The maximum atomic E-state index is 13.2. The Balaban J connectivity index is 1.74. The molecule has 0 amide bonds. The van der Waals surface area contributed by atoms with Crippen molar-refractivity contribution in [2.45, 2.75) is 25.3 Å². The van der Waals surface area contributed by atoms with E-state index in [0.717, 1.165) is 11.1 Å². The molecule has 8 heteroatoms. The van der Waals surface area contributed by atoms with Crippen LogP contribution >= 0.6 is 11.6 Å². The van der Waals surface area contributed by atoms with Crippen molar-refractivity contribution in [1.82, 2.24) is 9.97 Å². The lowest BCUT2D eigenvalue weighted by molar-refractivity contribution is 0.600. The highest BCUT2D eigenvalue weighted by molar-refractivity contribution is 7.92. The van der Waals surface area contributed by atoms with Gasteiger partial charge in [0.15, 0.2) is 11.6 Å². The summed E-state index contributed by atoms with van der Waals surface area (Å²) in [6.45, 7) is 3.98. The molecule has 0 unspecified atom stereocenters. The number of fused-ring (bicyclic) bond motifs is 1. The first-order valence-corrected chi connectivity index (χ1v) is 11.5. The van der Waals surface area contributed by atoms with Crippen molar-refractivity contribution >= 4 is 44.3 Å². The minimum absolute atomic E-state index is 0.131. The van der Waals surface area contributed by atoms with Gasteiger partial charge in [-0.15, -0.1) is 0 Å². The molecule has 2 N–H and O–H groups in total. The van der Waals surface area contributed by atoms with Crippen LogP contribution in [0.5, 0.6) is 0 Å². The van der Waals surface area contributed by atoms with E-state index in [1.165, 1.54) is 0 Å². The van der Waals surface area contributed by atoms with Gasteiger partial charge < -0.3 is 5.32 Å². The highest BCUT2D eigenvalue weighted by atomic mass is 35.5. The topological polar surface area (TPSA) is 84.0 Å². The minimum Gasteiger partial charge on any atom is -0.363 e. The van der Waals surface area contributed by atoms with Crippen LogP contribution in [-0.4, -0.2) is 18.4 Å². The quantitative estimate of drug-likeness (QED) is 0.414. The first-order valence-electron chi connectivity index (χ1n) is 9.67. The average Bonchev–Trinajstić information content (AvgIpc) is 2.74. The molecule has 3 aromatic carbocycles. The van der Waals surface area contributed by atoms with Crippen molar-refractivity contribution in [3.63, 3.8) is 0 Å². The molecule has 0 fully saturated rings. The molecule has 0 aliphatic heterocycles. The number of hydrogen-bond donors (Lipinski definition) is 2. The number of nitrogens with one attached hydrogen (secondary N) is 2. The number of rotatable bonds is 6. The molecule has 31 heavy (non-hydrogen) atoms. The molecule has 0 saturated heterocycles. The fourth-order valence-electron chi connectivity index (χ4n) is 3.19. The molecule has 0 radical (unpaired) electrons. The van der Waals surface area contributed by atoms with Gasteiger partial charge in [0.2, 0.25) is 0 Å². The Morgan fingerprint density at radius 2 is 1.52 bits per heavy atom. The van der Waals surface area contributed by atoms with Crippen LogP contribution in [0.2, 0.25) is 5.02 Å². The predicted molar refractivity (Wildman–Crippen MR) is 125 cm³/mol. The summed E-state index contributed by atoms with van der Waals surface area (Å²) in [7, 11) is -3.87. The number of benzene rings is 3. The van der Waals surface area contributed by atoms with Gasteiger partial charge in [-0.3, -0.25) is 4.72 Å². The molecule has 0 spiro atoms. The normalized spacial score (nSPS) is 11.5. The third kappa shape index (κ3) is 4.62. The maximum Gasteiger partial charge on any atom is 0.263 e. The SMILES string of the molecule is Cc1ccc(C)c(S(=O)(=O)Nc2nc3ccccc3nc2NCc2ccccc2Cl)c1. The smallest absolute Gasteiger partial charge is 0.263 e. The summed E-state index contributed by atoms with van der Waals surface area (Å²) in [6.07, 6.45) is 0. The molecule has 0 aliphatic rings. The Morgan fingerprint density at radius 3 is 2.23 bits per heavy atom. The van der Waals surface area contributed by atoms with Crippen LogP contribution < -0.4 is 10.0 Å². The lowest BCUT2D eigenvalue weighted by Gasteiger charge is -2.15. The van der Waals surface area contributed by atoms with Gasteiger partial charge in [0.1, 0.15) is 0 Å². The van der Waals surface area contributed by atoms with Crippen LogP contribution in [0.4, 0.5) is 11.6 Å². The third-order valence-electron chi connectivity index (χ3n) is 4.84. The van der Waals surface area contributed by atoms with E-state index in [9.17, 15) is 8.42 Å². The standard InChI is InChI=1S/C23H21ClN4O2S/c1-15-11-12-16(2)21(13-15)31(29,30)28-23-22(25-14-17-7-3-4-8-18(17)24)26-19-9-5-6-10-20(19)27-23/h3-13H,14H2,1-2H3,(H,25,26)(H,27,28). The zero-order valence-corrected chi connectivity index (χ0v) is 18.6. The molecule has 1 heterocycles. The van der Waals surface area contributed by atoms with Gasteiger partial charge >= 0.3 is 0 Å². The number of halogens is 1. The van der Waals surface area contributed by atoms with Crippen molar-refractivity contribution < 1.29 is 8.42 Å². The molecule has 158 valence electrons. The van der Waals surface area contributed by atoms with Crippen LogP contribution in [0.25, 0.3) is 11.0 Å². The largest absolute Gasteiger partial charge is 0.363 e. The molecule has 4 aromatic rings. The van der Waals surface area contributed by atoms with E-state index >= 15 is 0 Å². The van der Waals surface area contributed by atoms with E-state index in [1.54, 1.807) is 31.2 Å². The molecule has 6 nitrogen and oxygen atoms in total. The number of aromatic nitrogens is 2. The average molecular weight is 453 g/mol. The molecule has 0 bridgehead atoms. The Bertz CT molecular complexity index is 1370. The lowest BCUT2D eigenvalue weighted by atomic mass is 10.2. The van der Waals surface area contributed by atoms with E-state index in [-0.39, 0.29) is 10.7 Å². The predicted octanol–water partition coefficient (Wildman–Crippen LogP) is 5.31. The van der Waals surface area contributed by atoms with Crippen molar-refractivity contribution in [3.8, 4) is 0 Å². The minimum atomic E-state index is -3.87. The zero-order valence-electron chi connectivity index (χ0n) is 17.1. The molecule has 0 aliphatic carbocycles. The summed E-state index contributed by atoms with van der Waals surface area (Å²) in [4.78, 5) is 9.33. The Kier molecular flexibility index (Phi) is 5.80. The van der Waals surface area contributed by atoms with Gasteiger partial charge in [0, 0.05) is 11.6 Å². The first-order chi connectivity index (χ1) is 14.8. The Hall–Kier alpha value is -3.16. The molecule has 4 rings (SSSR count). The summed E-state index contributed by atoms with van der Waals surface area (Å²) in [5.74, 6) is 0.458. The monoisotopic (exact) mass is 452 g/mol. The summed E-state index contributed by atoms with van der Waals surface area (Å²) < 4.78 is 28.9. The number of aryl methyl sites for hydroxylation is 2.